The summed E-state index contributed by atoms with van der Waals surface area (Å²) in [4.78, 5) is 24.5. The van der Waals surface area contributed by atoms with Crippen LogP contribution in [0.5, 0.6) is 5.75 Å². The maximum Gasteiger partial charge on any atom is 0.337 e. The Morgan fingerprint density at radius 2 is 1.82 bits per heavy atom. The Kier molecular flexibility index (Phi) is 7.72. The number of carbonyl (C=O) groups is 2. The number of methoxy groups -OCH3 is 1. The van der Waals surface area contributed by atoms with E-state index in [0.29, 0.717) is 29.2 Å². The van der Waals surface area contributed by atoms with E-state index in [2.05, 4.69) is 5.32 Å². The van der Waals surface area contributed by atoms with Gasteiger partial charge in [0.05, 0.1) is 25.0 Å². The average Bonchev–Trinajstić information content (AvgIpc) is 3.33. The van der Waals surface area contributed by atoms with Gasteiger partial charge in [-0.25, -0.2) is 13.2 Å². The molecule has 3 aromatic rings. The van der Waals surface area contributed by atoms with Gasteiger partial charge < -0.3 is 14.8 Å². The molecule has 1 N–H and O–H groups in total. The Bertz CT molecular complexity index is 1240. The summed E-state index contributed by atoms with van der Waals surface area (Å²) < 4.78 is 37.7. The summed E-state index contributed by atoms with van der Waals surface area (Å²) in [5, 5.41) is 4.28. The number of hydrogen-bond donors (Lipinski definition) is 1. The summed E-state index contributed by atoms with van der Waals surface area (Å²) in [6.07, 6.45) is 0. The number of thiophene rings is 1. The highest BCUT2D eigenvalue weighted by Crippen LogP contribution is 2.29. The summed E-state index contributed by atoms with van der Waals surface area (Å²) in [5.41, 5.74) is 1.48. The molecule has 0 bridgehead atoms. The molecule has 0 aliphatic carbocycles. The van der Waals surface area contributed by atoms with Crippen LogP contribution >= 0.6 is 11.3 Å². The fraction of sp³-hybridized carbons (Fsp3) is 0.217. The normalized spacial score (nSPS) is 11.0. The number of nitrogens with one attached hydrogen (secondary N) is 1. The number of sulfonamides is 1. The highest BCUT2D eigenvalue weighted by atomic mass is 32.2. The van der Waals surface area contributed by atoms with Crippen molar-refractivity contribution in [2.45, 2.75) is 18.4 Å². The van der Waals surface area contributed by atoms with Gasteiger partial charge in [-0.15, -0.1) is 11.3 Å². The molecule has 33 heavy (non-hydrogen) atoms. The Labute approximate surface area is 196 Å². The summed E-state index contributed by atoms with van der Waals surface area (Å²) in [6.45, 7) is 2.49. The Hall–Kier alpha value is -3.37. The molecule has 3 rings (SSSR count). The molecule has 1 aromatic heterocycles. The molecule has 2 aromatic carbocycles. The molecule has 174 valence electrons. The molecule has 0 fully saturated rings. The van der Waals surface area contributed by atoms with Crippen molar-refractivity contribution in [3.05, 3.63) is 76.0 Å². The van der Waals surface area contributed by atoms with E-state index >= 15 is 0 Å². The molecule has 0 aliphatic rings. The quantitative estimate of drug-likeness (QED) is 0.461. The monoisotopic (exact) mass is 488 g/mol. The van der Waals surface area contributed by atoms with E-state index in [1.54, 1.807) is 53.9 Å². The van der Waals surface area contributed by atoms with Crippen molar-refractivity contribution in [1.29, 1.82) is 0 Å². The number of carbonyl (C=O) groups excluding carboxylic acids is 2. The molecule has 1 amide bonds. The lowest BCUT2D eigenvalue weighted by molar-refractivity contribution is 0.0600. The summed E-state index contributed by atoms with van der Waals surface area (Å²) in [6, 6.07) is 14.7. The molecular weight excluding hydrogens is 464 g/mol. The minimum atomic E-state index is -3.97. The third-order valence-corrected chi connectivity index (χ3v) is 7.66. The van der Waals surface area contributed by atoms with E-state index in [1.165, 1.54) is 20.2 Å². The van der Waals surface area contributed by atoms with Crippen LogP contribution < -0.4 is 14.4 Å². The van der Waals surface area contributed by atoms with Crippen molar-refractivity contribution in [2.75, 3.05) is 25.1 Å². The van der Waals surface area contributed by atoms with Crippen molar-refractivity contribution in [1.82, 2.24) is 5.32 Å². The zero-order valence-corrected chi connectivity index (χ0v) is 20.0. The lowest BCUT2D eigenvalue weighted by Crippen LogP contribution is -2.29. The lowest BCUT2D eigenvalue weighted by atomic mass is 10.1. The zero-order chi connectivity index (χ0) is 24.0. The molecule has 10 heteroatoms. The number of anilines is 1. The maximum atomic E-state index is 13.2. The van der Waals surface area contributed by atoms with Gasteiger partial charge in [-0.05, 0) is 60.3 Å². The Morgan fingerprint density at radius 3 is 2.48 bits per heavy atom. The predicted octanol–water partition coefficient (Wildman–Crippen LogP) is 3.69. The summed E-state index contributed by atoms with van der Waals surface area (Å²) in [5.74, 6) is -0.363. The second kappa shape index (κ2) is 10.5. The number of hydrogen-bond acceptors (Lipinski definition) is 7. The molecule has 8 nitrogen and oxygen atoms in total. The van der Waals surface area contributed by atoms with Crippen molar-refractivity contribution in [2.24, 2.45) is 0 Å². The number of ether oxygens (including phenoxy) is 2. The topological polar surface area (TPSA) is 102 Å². The number of benzene rings is 2. The zero-order valence-electron chi connectivity index (χ0n) is 18.4. The van der Waals surface area contributed by atoms with Crippen molar-refractivity contribution in [3.63, 3.8) is 0 Å². The van der Waals surface area contributed by atoms with Gasteiger partial charge in [0.15, 0.2) is 0 Å². The third kappa shape index (κ3) is 5.52. The van der Waals surface area contributed by atoms with E-state index in [0.717, 1.165) is 15.6 Å². The van der Waals surface area contributed by atoms with Gasteiger partial charge in [-0.3, -0.25) is 9.10 Å². The van der Waals surface area contributed by atoms with E-state index in [1.807, 2.05) is 6.92 Å². The molecule has 0 saturated heterocycles. The number of rotatable bonds is 9. The van der Waals surface area contributed by atoms with E-state index < -0.39 is 21.9 Å². The first-order valence-electron chi connectivity index (χ1n) is 10.0. The predicted molar refractivity (Wildman–Crippen MR) is 126 cm³/mol. The second-order valence-corrected chi connectivity index (χ2v) is 9.74. The van der Waals surface area contributed by atoms with E-state index in [4.69, 9.17) is 9.47 Å². The molecule has 0 aliphatic heterocycles. The van der Waals surface area contributed by atoms with Crippen LogP contribution in [0.4, 0.5) is 5.69 Å². The molecule has 0 atom stereocenters. The molecular formula is C23H24N2O6S2. The van der Waals surface area contributed by atoms with Gasteiger partial charge in [-0.2, -0.15) is 0 Å². The first kappa shape index (κ1) is 24.3. The minimum Gasteiger partial charge on any atom is -0.494 e. The third-order valence-electron chi connectivity index (χ3n) is 4.79. The average molecular weight is 489 g/mol. The van der Waals surface area contributed by atoms with Gasteiger partial charge in [0.25, 0.3) is 15.9 Å². The van der Waals surface area contributed by atoms with Gasteiger partial charge in [0, 0.05) is 13.6 Å². The van der Waals surface area contributed by atoms with Crippen LogP contribution in [-0.4, -0.2) is 41.1 Å². The summed E-state index contributed by atoms with van der Waals surface area (Å²) >= 11 is 1.04. The molecule has 0 saturated carbocycles. The van der Waals surface area contributed by atoms with Gasteiger partial charge in [0.2, 0.25) is 0 Å². The highest BCUT2D eigenvalue weighted by molar-refractivity contribution is 7.93. The van der Waals surface area contributed by atoms with Crippen LogP contribution in [0.25, 0.3) is 0 Å². The smallest absolute Gasteiger partial charge is 0.337 e. The molecule has 0 unspecified atom stereocenters. The van der Waals surface area contributed by atoms with Crippen LogP contribution in [-0.2, 0) is 21.3 Å². The fourth-order valence-electron chi connectivity index (χ4n) is 3.06. The standard InChI is InChI=1S/C23H24N2O6S2/c1-4-31-19-10-8-18(9-11-19)25(2)33(28,29)20-12-13-32-21(20)22(26)24-15-16-6-5-7-17(14-16)23(27)30-3/h5-14H,4,15H2,1-3H3,(H,24,26). The van der Waals surface area contributed by atoms with Crippen molar-refractivity contribution >= 4 is 38.9 Å². The van der Waals surface area contributed by atoms with Crippen LogP contribution in [0.2, 0.25) is 0 Å². The largest absolute Gasteiger partial charge is 0.494 e. The van der Waals surface area contributed by atoms with Crippen LogP contribution in [0.3, 0.4) is 0 Å². The van der Waals surface area contributed by atoms with Crippen LogP contribution in [0, 0.1) is 0 Å². The van der Waals surface area contributed by atoms with Crippen molar-refractivity contribution in [3.8, 4) is 5.75 Å². The van der Waals surface area contributed by atoms with Gasteiger partial charge >= 0.3 is 5.97 Å². The van der Waals surface area contributed by atoms with E-state index in [9.17, 15) is 18.0 Å². The Balaban J connectivity index is 1.76. The number of esters is 1. The highest BCUT2D eigenvalue weighted by Gasteiger charge is 2.28. The van der Waals surface area contributed by atoms with Gasteiger partial charge in [0.1, 0.15) is 15.5 Å². The first-order valence-corrected chi connectivity index (χ1v) is 12.3. The maximum absolute atomic E-state index is 13.2. The molecule has 0 spiro atoms. The van der Waals surface area contributed by atoms with Crippen molar-refractivity contribution < 1.29 is 27.5 Å². The lowest BCUT2D eigenvalue weighted by Gasteiger charge is -2.20. The number of amides is 1. The fourth-order valence-corrected chi connectivity index (χ4v) is 5.57. The van der Waals surface area contributed by atoms with Crippen LogP contribution in [0.1, 0.15) is 32.5 Å². The second-order valence-electron chi connectivity index (χ2n) is 6.89. The summed E-state index contributed by atoms with van der Waals surface area (Å²) in [7, 11) is -1.25. The number of nitrogens with zero attached hydrogens (tertiary/aromatic N) is 1. The SMILES string of the molecule is CCOc1ccc(N(C)S(=O)(=O)c2ccsc2C(=O)NCc2cccc(C(=O)OC)c2)cc1. The van der Waals surface area contributed by atoms with Gasteiger partial charge in [-0.1, -0.05) is 12.1 Å². The molecule has 0 radical (unpaired) electrons. The Morgan fingerprint density at radius 1 is 1.09 bits per heavy atom. The minimum absolute atomic E-state index is 0.0790. The van der Waals surface area contributed by atoms with E-state index in [-0.39, 0.29) is 16.3 Å². The first-order chi connectivity index (χ1) is 15.8. The van der Waals surface area contributed by atoms with Crippen LogP contribution in [0.15, 0.2) is 64.9 Å². The molecule has 1 heterocycles.